The highest BCUT2D eigenvalue weighted by Gasteiger charge is 2.06. The second-order valence-electron chi connectivity index (χ2n) is 4.48. The van der Waals surface area contributed by atoms with E-state index in [1.165, 1.54) is 0 Å². The first-order valence-corrected chi connectivity index (χ1v) is 7.20. The minimum Gasteiger partial charge on any atom is -0.497 e. The van der Waals surface area contributed by atoms with Crippen LogP contribution in [0.25, 0.3) is 0 Å². The Morgan fingerprint density at radius 1 is 1.19 bits per heavy atom. The van der Waals surface area contributed by atoms with Crippen LogP contribution in [0.5, 0.6) is 11.5 Å². The van der Waals surface area contributed by atoms with Gasteiger partial charge >= 0.3 is 0 Å². The van der Waals surface area contributed by atoms with Crippen molar-refractivity contribution in [3.63, 3.8) is 0 Å². The van der Waals surface area contributed by atoms with E-state index in [1.54, 1.807) is 31.4 Å². The predicted molar refractivity (Wildman–Crippen MR) is 86.0 cm³/mol. The van der Waals surface area contributed by atoms with Crippen molar-refractivity contribution in [1.29, 1.82) is 0 Å². The summed E-state index contributed by atoms with van der Waals surface area (Å²) in [5.74, 6) is 1.22. The molecule has 0 fully saturated rings. The summed E-state index contributed by atoms with van der Waals surface area (Å²) in [6, 6.07) is 12.8. The SMILES string of the molecule is COc1ccc(NC(=O)COc2cc(Br)ccc2C)cc1. The quantitative estimate of drug-likeness (QED) is 0.893. The Bertz CT molecular complexity index is 626. The zero-order chi connectivity index (χ0) is 15.2. The lowest BCUT2D eigenvalue weighted by atomic mass is 10.2. The van der Waals surface area contributed by atoms with E-state index in [2.05, 4.69) is 21.2 Å². The zero-order valence-electron chi connectivity index (χ0n) is 11.9. The van der Waals surface area contributed by atoms with Gasteiger partial charge in [-0.3, -0.25) is 4.79 Å². The van der Waals surface area contributed by atoms with Gasteiger partial charge in [0.15, 0.2) is 6.61 Å². The maximum atomic E-state index is 11.9. The van der Waals surface area contributed by atoms with Gasteiger partial charge in [-0.05, 0) is 48.9 Å². The minimum atomic E-state index is -0.209. The Hall–Kier alpha value is -2.01. The Morgan fingerprint density at radius 3 is 2.57 bits per heavy atom. The Labute approximate surface area is 132 Å². The fourth-order valence-electron chi connectivity index (χ4n) is 1.74. The van der Waals surface area contributed by atoms with Crippen molar-refractivity contribution < 1.29 is 14.3 Å². The molecule has 4 nitrogen and oxygen atoms in total. The summed E-state index contributed by atoms with van der Waals surface area (Å²) < 4.78 is 11.5. The number of nitrogens with one attached hydrogen (secondary N) is 1. The zero-order valence-corrected chi connectivity index (χ0v) is 13.4. The fraction of sp³-hybridized carbons (Fsp3) is 0.188. The molecule has 0 atom stereocenters. The average molecular weight is 350 g/mol. The molecule has 2 aromatic carbocycles. The molecule has 0 saturated heterocycles. The highest BCUT2D eigenvalue weighted by molar-refractivity contribution is 9.10. The van der Waals surface area contributed by atoms with E-state index in [0.717, 1.165) is 15.8 Å². The molecule has 2 aromatic rings. The number of rotatable bonds is 5. The van der Waals surface area contributed by atoms with E-state index < -0.39 is 0 Å². The van der Waals surface area contributed by atoms with E-state index in [9.17, 15) is 4.79 Å². The van der Waals surface area contributed by atoms with Gasteiger partial charge in [-0.15, -0.1) is 0 Å². The van der Waals surface area contributed by atoms with Crippen molar-refractivity contribution in [2.45, 2.75) is 6.92 Å². The molecule has 0 unspecified atom stereocenters. The molecule has 0 aliphatic rings. The molecule has 0 aromatic heterocycles. The van der Waals surface area contributed by atoms with Crippen molar-refractivity contribution in [3.8, 4) is 11.5 Å². The number of aryl methyl sites for hydroxylation is 1. The van der Waals surface area contributed by atoms with E-state index in [4.69, 9.17) is 9.47 Å². The van der Waals surface area contributed by atoms with Gasteiger partial charge in [0.1, 0.15) is 11.5 Å². The van der Waals surface area contributed by atoms with Gasteiger partial charge in [-0.2, -0.15) is 0 Å². The first kappa shape index (κ1) is 15.4. The maximum absolute atomic E-state index is 11.9. The van der Waals surface area contributed by atoms with Gasteiger partial charge in [-0.25, -0.2) is 0 Å². The van der Waals surface area contributed by atoms with E-state index in [0.29, 0.717) is 11.4 Å². The van der Waals surface area contributed by atoms with Crippen LogP contribution in [0.4, 0.5) is 5.69 Å². The van der Waals surface area contributed by atoms with Crippen LogP contribution < -0.4 is 14.8 Å². The third-order valence-corrected chi connectivity index (χ3v) is 3.38. The number of anilines is 1. The van der Waals surface area contributed by atoms with Crippen LogP contribution in [0.15, 0.2) is 46.9 Å². The van der Waals surface area contributed by atoms with Gasteiger partial charge in [0.2, 0.25) is 0 Å². The fourth-order valence-corrected chi connectivity index (χ4v) is 2.08. The van der Waals surface area contributed by atoms with Crippen LogP contribution in [0.3, 0.4) is 0 Å². The number of hydrogen-bond donors (Lipinski definition) is 1. The number of benzene rings is 2. The number of carbonyl (C=O) groups is 1. The molecule has 2 rings (SSSR count). The second-order valence-corrected chi connectivity index (χ2v) is 5.39. The van der Waals surface area contributed by atoms with Crippen LogP contribution in [0.2, 0.25) is 0 Å². The molecule has 0 spiro atoms. The standard InChI is InChI=1S/C16H16BrNO3/c1-11-3-4-12(17)9-15(11)21-10-16(19)18-13-5-7-14(20-2)8-6-13/h3-9H,10H2,1-2H3,(H,18,19). The molecule has 0 radical (unpaired) electrons. The summed E-state index contributed by atoms with van der Waals surface area (Å²) in [5, 5.41) is 2.77. The molecule has 1 amide bonds. The predicted octanol–water partition coefficient (Wildman–Crippen LogP) is 3.78. The van der Waals surface area contributed by atoms with Crippen LogP contribution >= 0.6 is 15.9 Å². The van der Waals surface area contributed by atoms with Gasteiger partial charge in [-0.1, -0.05) is 22.0 Å². The van der Waals surface area contributed by atoms with Crippen molar-refractivity contribution in [2.24, 2.45) is 0 Å². The van der Waals surface area contributed by atoms with Crippen LogP contribution in [0, 0.1) is 6.92 Å². The van der Waals surface area contributed by atoms with E-state index >= 15 is 0 Å². The molecule has 110 valence electrons. The van der Waals surface area contributed by atoms with E-state index in [1.807, 2.05) is 25.1 Å². The lowest BCUT2D eigenvalue weighted by molar-refractivity contribution is -0.118. The average Bonchev–Trinajstić information content (AvgIpc) is 2.49. The molecule has 0 aliphatic heterocycles. The lowest BCUT2D eigenvalue weighted by Crippen LogP contribution is -2.20. The minimum absolute atomic E-state index is 0.0384. The van der Waals surface area contributed by atoms with Crippen molar-refractivity contribution in [1.82, 2.24) is 0 Å². The van der Waals surface area contributed by atoms with Crippen molar-refractivity contribution in [2.75, 3.05) is 19.0 Å². The molecule has 1 N–H and O–H groups in total. The number of amides is 1. The lowest BCUT2D eigenvalue weighted by Gasteiger charge is -2.10. The van der Waals surface area contributed by atoms with Crippen molar-refractivity contribution >= 4 is 27.5 Å². The number of halogens is 1. The summed E-state index contributed by atoms with van der Waals surface area (Å²) in [5.41, 5.74) is 1.69. The molecule has 21 heavy (non-hydrogen) atoms. The van der Waals surface area contributed by atoms with Gasteiger partial charge in [0.25, 0.3) is 5.91 Å². The largest absolute Gasteiger partial charge is 0.497 e. The topological polar surface area (TPSA) is 47.6 Å². The molecular weight excluding hydrogens is 334 g/mol. The van der Waals surface area contributed by atoms with Crippen LogP contribution in [0.1, 0.15) is 5.56 Å². The third kappa shape index (κ3) is 4.49. The van der Waals surface area contributed by atoms with Crippen LogP contribution in [-0.2, 0) is 4.79 Å². The number of methoxy groups -OCH3 is 1. The molecule has 0 saturated carbocycles. The summed E-state index contributed by atoms with van der Waals surface area (Å²) in [4.78, 5) is 11.9. The summed E-state index contributed by atoms with van der Waals surface area (Å²) in [7, 11) is 1.60. The normalized spacial score (nSPS) is 10.0. The smallest absolute Gasteiger partial charge is 0.262 e. The van der Waals surface area contributed by atoms with E-state index in [-0.39, 0.29) is 12.5 Å². The third-order valence-electron chi connectivity index (χ3n) is 2.88. The molecule has 0 heterocycles. The summed E-state index contributed by atoms with van der Waals surface area (Å²) in [6.45, 7) is 1.90. The molecule has 0 aliphatic carbocycles. The monoisotopic (exact) mass is 349 g/mol. The Kier molecular flexibility index (Phi) is 5.22. The van der Waals surface area contributed by atoms with Crippen LogP contribution in [-0.4, -0.2) is 19.6 Å². The summed E-state index contributed by atoms with van der Waals surface area (Å²) in [6.07, 6.45) is 0. The Balaban J connectivity index is 1.91. The molecular formula is C16H16BrNO3. The number of ether oxygens (including phenoxy) is 2. The first-order valence-electron chi connectivity index (χ1n) is 6.41. The van der Waals surface area contributed by atoms with Gasteiger partial charge in [0.05, 0.1) is 7.11 Å². The Morgan fingerprint density at radius 2 is 1.90 bits per heavy atom. The highest BCUT2D eigenvalue weighted by Crippen LogP contribution is 2.23. The summed E-state index contributed by atoms with van der Waals surface area (Å²) >= 11 is 3.38. The highest BCUT2D eigenvalue weighted by atomic mass is 79.9. The number of hydrogen-bond acceptors (Lipinski definition) is 3. The van der Waals surface area contributed by atoms with Crippen molar-refractivity contribution in [3.05, 3.63) is 52.5 Å². The molecule has 5 heteroatoms. The van der Waals surface area contributed by atoms with Gasteiger partial charge < -0.3 is 14.8 Å². The first-order chi connectivity index (χ1) is 10.1. The van der Waals surface area contributed by atoms with Gasteiger partial charge in [0, 0.05) is 10.2 Å². The maximum Gasteiger partial charge on any atom is 0.262 e. The molecule has 0 bridgehead atoms. The second kappa shape index (κ2) is 7.13. The number of carbonyl (C=O) groups excluding carboxylic acids is 1.